The van der Waals surface area contributed by atoms with Crippen LogP contribution in [0.25, 0.3) is 157 Å². The van der Waals surface area contributed by atoms with Crippen molar-refractivity contribution in [1.29, 1.82) is 0 Å². The number of furan rings is 1. The van der Waals surface area contributed by atoms with Crippen molar-refractivity contribution in [1.82, 2.24) is 24.9 Å². The molecule has 0 unspecified atom stereocenters. The molecule has 19 aromatic rings. The number of para-hydroxylation sites is 1. The van der Waals surface area contributed by atoms with Crippen molar-refractivity contribution in [3.8, 4) is 135 Å². The Balaban J connectivity index is 0.628. The van der Waals surface area contributed by atoms with E-state index >= 15 is 0 Å². The molecule has 4 aliphatic rings. The molecule has 0 saturated carbocycles. The highest BCUT2D eigenvalue weighted by Gasteiger charge is 2.52. The van der Waals surface area contributed by atoms with Gasteiger partial charge in [-0.05, 0) is 185 Å². The molecule has 8 heteroatoms. The summed E-state index contributed by atoms with van der Waals surface area (Å²) in [7, 11) is 0. The van der Waals surface area contributed by atoms with Gasteiger partial charge in [0.2, 0.25) is 0 Å². The number of nitrogens with zero attached hydrogens (tertiary/aromatic N) is 5. The number of benzene rings is 15. The summed E-state index contributed by atoms with van der Waals surface area (Å²) < 4.78 is 7.17. The highest BCUT2D eigenvalue weighted by atomic mass is 32.2. The second kappa shape index (κ2) is 25.9. The van der Waals surface area contributed by atoms with Gasteiger partial charge in [-0.15, -0.1) is 0 Å². The van der Waals surface area contributed by atoms with Gasteiger partial charge in [-0.1, -0.05) is 321 Å². The zero-order chi connectivity index (χ0) is 74.3. The van der Waals surface area contributed by atoms with Crippen LogP contribution in [-0.4, -0.2) is 24.9 Å². The monoisotopic (exact) mass is 1470 g/mol. The SMILES string of the molecule is c1ccc(-c2nc(-c3ccc(-c4cccc5c4oc4cccc(-c6cc(-c7ccc8c(c7)Sc7ccccc7C87c8ccccc8-c8ccccc87)cc(-c7cc(-c8ccccn8)nc(-c8ccccc8)n7)c6)c45)cc3)cc(-c3cccc(-c4ccc5c(c4)Sc4ccccc4C54c5ccccc5-c5ccccc54)c3)n2)cc1. The fourth-order valence-electron chi connectivity index (χ4n) is 18.6. The van der Waals surface area contributed by atoms with Crippen molar-refractivity contribution in [2.45, 2.75) is 30.4 Å². The fraction of sp³-hybridized carbons (Fsp3) is 0.0190. The van der Waals surface area contributed by atoms with Crippen molar-refractivity contribution < 1.29 is 4.42 Å². The molecule has 113 heavy (non-hydrogen) atoms. The zero-order valence-electron chi connectivity index (χ0n) is 60.8. The summed E-state index contributed by atoms with van der Waals surface area (Å²) in [5.41, 5.74) is 33.6. The number of fused-ring (bicyclic) bond motifs is 21. The van der Waals surface area contributed by atoms with Gasteiger partial charge in [0, 0.05) is 69.9 Å². The first-order valence-corrected chi connectivity index (χ1v) is 39.9. The average molecular weight is 1470 g/mol. The molecule has 2 aliphatic heterocycles. The van der Waals surface area contributed by atoms with E-state index in [2.05, 4.69) is 322 Å². The Morgan fingerprint density at radius 2 is 0.619 bits per heavy atom. The summed E-state index contributed by atoms with van der Waals surface area (Å²) in [6, 6.07) is 137. The summed E-state index contributed by atoms with van der Waals surface area (Å²) in [6.45, 7) is 0. The first-order valence-electron chi connectivity index (χ1n) is 38.3. The van der Waals surface area contributed by atoms with E-state index in [-0.39, 0.29) is 0 Å². The molecule has 4 aromatic heterocycles. The molecule has 6 heterocycles. The van der Waals surface area contributed by atoms with Crippen molar-refractivity contribution in [3.63, 3.8) is 0 Å². The lowest BCUT2D eigenvalue weighted by Gasteiger charge is -2.39. The molecule has 23 rings (SSSR count). The van der Waals surface area contributed by atoms with Crippen LogP contribution in [0.3, 0.4) is 0 Å². The Bertz CT molecular complexity index is 6990. The minimum Gasteiger partial charge on any atom is -0.455 e. The summed E-state index contributed by atoms with van der Waals surface area (Å²) in [6.07, 6.45) is 1.82. The molecular weight excluding hydrogens is 1410 g/mol. The Morgan fingerprint density at radius 3 is 1.20 bits per heavy atom. The lowest BCUT2D eigenvalue weighted by atomic mass is 9.67. The van der Waals surface area contributed by atoms with Crippen molar-refractivity contribution >= 4 is 45.5 Å². The van der Waals surface area contributed by atoms with Gasteiger partial charge in [0.25, 0.3) is 0 Å². The molecule has 0 fully saturated rings. The molecule has 0 atom stereocenters. The Morgan fingerprint density at radius 1 is 0.221 bits per heavy atom. The fourth-order valence-corrected chi connectivity index (χ4v) is 21.1. The maximum absolute atomic E-state index is 7.17. The van der Waals surface area contributed by atoms with Crippen LogP contribution in [0.15, 0.2) is 406 Å². The van der Waals surface area contributed by atoms with Gasteiger partial charge in [-0.3, -0.25) is 4.98 Å². The number of hydrogen-bond donors (Lipinski definition) is 0. The maximum Gasteiger partial charge on any atom is 0.160 e. The predicted octanol–water partition coefficient (Wildman–Crippen LogP) is 26.9. The van der Waals surface area contributed by atoms with Crippen LogP contribution in [0.1, 0.15) is 44.5 Å². The van der Waals surface area contributed by atoms with Gasteiger partial charge >= 0.3 is 0 Å². The van der Waals surface area contributed by atoms with Crippen LogP contribution in [0.4, 0.5) is 0 Å². The second-order valence-corrected chi connectivity index (χ2v) is 31.8. The van der Waals surface area contributed by atoms with Crippen molar-refractivity contribution in [2.24, 2.45) is 0 Å². The number of hydrogen-bond acceptors (Lipinski definition) is 8. The molecule has 2 aliphatic carbocycles. The van der Waals surface area contributed by atoms with E-state index in [0.717, 1.165) is 123 Å². The average Bonchev–Trinajstić information content (AvgIpc) is 1.54. The largest absolute Gasteiger partial charge is 0.455 e. The molecule has 6 nitrogen and oxygen atoms in total. The van der Waals surface area contributed by atoms with Gasteiger partial charge in [0.1, 0.15) is 11.2 Å². The van der Waals surface area contributed by atoms with Crippen LogP contribution >= 0.6 is 23.5 Å². The molecule has 0 amide bonds. The van der Waals surface area contributed by atoms with E-state index in [1.807, 2.05) is 84.3 Å². The number of aromatic nitrogens is 5. The predicted molar refractivity (Wildman–Crippen MR) is 460 cm³/mol. The lowest BCUT2D eigenvalue weighted by Crippen LogP contribution is -2.31. The van der Waals surface area contributed by atoms with Gasteiger partial charge in [0.05, 0.1) is 39.3 Å². The van der Waals surface area contributed by atoms with Crippen LogP contribution < -0.4 is 0 Å². The lowest BCUT2D eigenvalue weighted by molar-refractivity contribution is 0.670. The van der Waals surface area contributed by atoms with E-state index in [0.29, 0.717) is 11.6 Å². The quantitative estimate of drug-likeness (QED) is 0.134. The highest BCUT2D eigenvalue weighted by Crippen LogP contribution is 2.65. The third-order valence-electron chi connectivity index (χ3n) is 23.5. The van der Waals surface area contributed by atoms with E-state index in [9.17, 15) is 0 Å². The van der Waals surface area contributed by atoms with E-state index in [1.165, 1.54) is 86.3 Å². The number of pyridine rings is 1. The Labute approximate surface area is 662 Å². The molecular formula is C105H63N5OS2. The van der Waals surface area contributed by atoms with E-state index < -0.39 is 10.8 Å². The third-order valence-corrected chi connectivity index (χ3v) is 25.8. The molecule has 15 aromatic carbocycles. The van der Waals surface area contributed by atoms with Crippen molar-refractivity contribution in [3.05, 3.63) is 427 Å². The molecule has 2 spiro atoms. The van der Waals surface area contributed by atoms with Crippen LogP contribution in [-0.2, 0) is 10.8 Å². The number of rotatable bonds is 10. The normalized spacial score (nSPS) is 13.4. The van der Waals surface area contributed by atoms with E-state index in [1.54, 1.807) is 0 Å². The maximum atomic E-state index is 7.17. The highest BCUT2D eigenvalue weighted by molar-refractivity contribution is 7.99. The van der Waals surface area contributed by atoms with Gasteiger partial charge in [0.15, 0.2) is 11.6 Å². The Hall–Kier alpha value is -13.9. The molecule has 526 valence electrons. The van der Waals surface area contributed by atoms with Gasteiger partial charge in [-0.2, -0.15) is 0 Å². The molecule has 0 radical (unpaired) electrons. The first-order chi connectivity index (χ1) is 56.0. The van der Waals surface area contributed by atoms with Crippen LogP contribution in [0, 0.1) is 0 Å². The molecule has 0 bridgehead atoms. The molecule has 0 saturated heterocycles. The van der Waals surface area contributed by atoms with Crippen molar-refractivity contribution in [2.75, 3.05) is 0 Å². The zero-order valence-corrected chi connectivity index (χ0v) is 62.5. The third kappa shape index (κ3) is 10.2. The van der Waals surface area contributed by atoms with Crippen LogP contribution in [0.2, 0.25) is 0 Å². The summed E-state index contributed by atoms with van der Waals surface area (Å²) >= 11 is 3.73. The summed E-state index contributed by atoms with van der Waals surface area (Å²) in [5.74, 6) is 1.28. The minimum absolute atomic E-state index is 0.439. The minimum atomic E-state index is -0.503. The topological polar surface area (TPSA) is 77.6 Å². The summed E-state index contributed by atoms with van der Waals surface area (Å²) in [4.78, 5) is 31.2. The molecule has 0 N–H and O–H groups in total. The van der Waals surface area contributed by atoms with E-state index in [4.69, 9.17) is 29.3 Å². The Kier molecular flexibility index (Phi) is 14.9. The standard InChI is InChI=1S/C105H63N5OS2/c1-3-24-66(25-4-1)102-107-91(62-92(108-102)71-29-21-28-68(56-71)69-51-53-88-98(60-69)112-96-45-17-15-41-86(96)104(88)82-37-11-7-30-77(82)78-31-8-12-38-83(78)104)65-49-47-64(48-50-65)76-35-22-36-81-100-75(34-23-44-95(100)111-101(76)81)73-57-72(58-74(59-73)93-63-94(90-43-19-20-55-106-90)110-103(109-93)67-26-5-2-6-27-67)70-52-54-89-99(61-70)113-97-46-18-16-42-87(97)105(89)84-39-13-9-32-79(84)80-33-10-14-40-85(80)105/h1-63H. The van der Waals surface area contributed by atoms with Gasteiger partial charge in [-0.25, -0.2) is 19.9 Å². The second-order valence-electron chi connectivity index (χ2n) is 29.6. The van der Waals surface area contributed by atoms with Crippen LogP contribution in [0.5, 0.6) is 0 Å². The smallest absolute Gasteiger partial charge is 0.160 e. The van der Waals surface area contributed by atoms with Gasteiger partial charge < -0.3 is 4.42 Å². The first kappa shape index (κ1) is 65.0. The summed E-state index contributed by atoms with van der Waals surface area (Å²) in [5, 5.41) is 2.05.